The van der Waals surface area contributed by atoms with E-state index in [1.165, 1.54) is 9.21 Å². The van der Waals surface area contributed by atoms with E-state index in [-0.39, 0.29) is 24.2 Å². The minimum absolute atomic E-state index is 0.0666. The molecule has 0 bridgehead atoms. The fourth-order valence-electron chi connectivity index (χ4n) is 3.76. The molecule has 1 saturated heterocycles. The first-order valence-corrected chi connectivity index (χ1v) is 10.4. The zero-order valence-corrected chi connectivity index (χ0v) is 15.1. The van der Waals surface area contributed by atoms with Crippen LogP contribution < -0.4 is 0 Å². The molecule has 0 spiro atoms. The van der Waals surface area contributed by atoms with Crippen molar-refractivity contribution < 1.29 is 23.1 Å². The zero-order valence-electron chi connectivity index (χ0n) is 14.3. The van der Waals surface area contributed by atoms with Crippen LogP contribution in [0.25, 0.3) is 0 Å². The van der Waals surface area contributed by atoms with Gasteiger partial charge in [-0.05, 0) is 38.5 Å². The fourth-order valence-corrected chi connectivity index (χ4v) is 4.89. The van der Waals surface area contributed by atoms with E-state index in [1.807, 2.05) is 0 Å². The average Bonchev–Trinajstić information content (AvgIpc) is 3.05. The topological polar surface area (TPSA) is 95.0 Å². The molecule has 1 amide bonds. The third kappa shape index (κ3) is 4.92. The average molecular weight is 360 g/mol. The van der Waals surface area contributed by atoms with Gasteiger partial charge in [0.15, 0.2) is 0 Å². The number of sulfonamides is 1. The van der Waals surface area contributed by atoms with Crippen molar-refractivity contribution in [2.24, 2.45) is 5.92 Å². The smallest absolute Gasteiger partial charge is 0.323 e. The molecule has 1 aliphatic carbocycles. The maximum Gasteiger partial charge on any atom is 0.323 e. The lowest BCUT2D eigenvalue weighted by atomic mass is 10.00. The lowest BCUT2D eigenvalue weighted by Crippen LogP contribution is -2.50. The van der Waals surface area contributed by atoms with Gasteiger partial charge in [0.05, 0.1) is 5.75 Å². The van der Waals surface area contributed by atoms with Gasteiger partial charge in [0, 0.05) is 25.6 Å². The minimum Gasteiger partial charge on any atom is -0.480 e. The van der Waals surface area contributed by atoms with Crippen molar-refractivity contribution in [2.45, 2.75) is 57.9 Å². The van der Waals surface area contributed by atoms with Gasteiger partial charge in [-0.3, -0.25) is 9.59 Å². The van der Waals surface area contributed by atoms with Gasteiger partial charge in [-0.2, -0.15) is 0 Å². The highest BCUT2D eigenvalue weighted by molar-refractivity contribution is 7.89. The molecule has 0 unspecified atom stereocenters. The molecule has 0 aromatic rings. The summed E-state index contributed by atoms with van der Waals surface area (Å²) < 4.78 is 25.3. The highest BCUT2D eigenvalue weighted by Gasteiger charge is 2.33. The molecular weight excluding hydrogens is 332 g/mol. The molecule has 0 radical (unpaired) electrons. The lowest BCUT2D eigenvalue weighted by Gasteiger charge is -2.37. The summed E-state index contributed by atoms with van der Waals surface area (Å²) >= 11 is 0. The van der Waals surface area contributed by atoms with E-state index < -0.39 is 16.0 Å². The van der Waals surface area contributed by atoms with Gasteiger partial charge in [0.1, 0.15) is 6.54 Å². The Morgan fingerprint density at radius 2 is 1.71 bits per heavy atom. The second kappa shape index (κ2) is 8.29. The number of hydrogen-bond acceptors (Lipinski definition) is 4. The number of carbonyl (C=O) groups excluding carboxylic acids is 1. The molecule has 138 valence electrons. The van der Waals surface area contributed by atoms with E-state index in [4.69, 9.17) is 5.11 Å². The predicted molar refractivity (Wildman–Crippen MR) is 90.0 cm³/mol. The van der Waals surface area contributed by atoms with E-state index in [1.54, 1.807) is 6.92 Å². The summed E-state index contributed by atoms with van der Waals surface area (Å²) in [5, 5.41) is 9.14. The molecule has 2 aliphatic rings. The maximum atomic E-state index is 12.6. The van der Waals surface area contributed by atoms with Crippen molar-refractivity contribution in [2.75, 3.05) is 25.4 Å². The summed E-state index contributed by atoms with van der Waals surface area (Å²) in [6.07, 6.45) is 5.79. The molecule has 2 rings (SSSR count). The zero-order chi connectivity index (χ0) is 17.7. The lowest BCUT2D eigenvalue weighted by molar-refractivity contribution is -0.147. The highest BCUT2D eigenvalue weighted by atomic mass is 32.2. The minimum atomic E-state index is -3.22. The number of hydrogen-bond donors (Lipinski definition) is 1. The second-order valence-electron chi connectivity index (χ2n) is 6.80. The van der Waals surface area contributed by atoms with Crippen molar-refractivity contribution in [3.63, 3.8) is 0 Å². The van der Waals surface area contributed by atoms with Gasteiger partial charge in [0.25, 0.3) is 0 Å². The molecule has 1 heterocycles. The standard InChI is InChI=1S/C16H28N2O5S/c1-2-24(22,23)17-9-7-14(8-10-17)18(12-16(20)21)15(19)11-13-5-3-4-6-13/h13-14H,2-12H2,1H3,(H,20,21). The third-order valence-corrected chi connectivity index (χ3v) is 7.07. The molecule has 2 fully saturated rings. The van der Waals surface area contributed by atoms with Crippen LogP contribution in [0.2, 0.25) is 0 Å². The van der Waals surface area contributed by atoms with Gasteiger partial charge < -0.3 is 10.0 Å². The van der Waals surface area contributed by atoms with Crippen LogP contribution >= 0.6 is 0 Å². The van der Waals surface area contributed by atoms with Crippen LogP contribution in [0.15, 0.2) is 0 Å². The summed E-state index contributed by atoms with van der Waals surface area (Å²) in [6.45, 7) is 2.03. The molecule has 1 aliphatic heterocycles. The Morgan fingerprint density at radius 3 is 2.21 bits per heavy atom. The fraction of sp³-hybridized carbons (Fsp3) is 0.875. The Kier molecular flexibility index (Phi) is 6.62. The Balaban J connectivity index is 1.98. The number of carbonyl (C=O) groups is 2. The van der Waals surface area contributed by atoms with E-state index in [9.17, 15) is 18.0 Å². The first-order chi connectivity index (χ1) is 11.3. The van der Waals surface area contributed by atoms with E-state index >= 15 is 0 Å². The molecule has 0 aromatic heterocycles. The number of carboxylic acids is 1. The Hall–Kier alpha value is -1.15. The summed E-state index contributed by atoms with van der Waals surface area (Å²) in [5.74, 6) is -0.675. The van der Waals surface area contributed by atoms with Crippen LogP contribution in [-0.2, 0) is 19.6 Å². The molecular formula is C16H28N2O5S. The molecule has 24 heavy (non-hydrogen) atoms. The number of carboxylic acid groups (broad SMARTS) is 1. The number of piperidine rings is 1. The molecule has 1 saturated carbocycles. The third-order valence-electron chi connectivity index (χ3n) is 5.19. The van der Waals surface area contributed by atoms with Gasteiger partial charge in [-0.1, -0.05) is 12.8 Å². The molecule has 1 N–H and O–H groups in total. The summed E-state index contributed by atoms with van der Waals surface area (Å²) in [4.78, 5) is 25.2. The van der Waals surface area contributed by atoms with Gasteiger partial charge in [-0.25, -0.2) is 12.7 Å². The van der Waals surface area contributed by atoms with Gasteiger partial charge in [0.2, 0.25) is 15.9 Å². The maximum absolute atomic E-state index is 12.6. The number of amides is 1. The van der Waals surface area contributed by atoms with Crippen molar-refractivity contribution in [1.82, 2.24) is 9.21 Å². The summed E-state index contributed by atoms with van der Waals surface area (Å²) in [6, 6.07) is -0.182. The van der Waals surface area contributed by atoms with Gasteiger partial charge in [-0.15, -0.1) is 0 Å². The Morgan fingerprint density at radius 1 is 1.12 bits per heavy atom. The van der Waals surface area contributed by atoms with Crippen molar-refractivity contribution in [1.29, 1.82) is 0 Å². The first-order valence-electron chi connectivity index (χ1n) is 8.82. The highest BCUT2D eigenvalue weighted by Crippen LogP contribution is 2.29. The number of rotatable bonds is 7. The second-order valence-corrected chi connectivity index (χ2v) is 9.06. The van der Waals surface area contributed by atoms with Crippen molar-refractivity contribution in [3.05, 3.63) is 0 Å². The monoisotopic (exact) mass is 360 g/mol. The first kappa shape index (κ1) is 19.2. The Bertz CT molecular complexity index is 549. The summed E-state index contributed by atoms with van der Waals surface area (Å²) in [5.41, 5.74) is 0. The predicted octanol–water partition coefficient (Wildman–Crippen LogP) is 1.29. The molecule has 8 heteroatoms. The number of aliphatic carboxylic acids is 1. The van der Waals surface area contributed by atoms with E-state index in [0.717, 1.165) is 25.7 Å². The van der Waals surface area contributed by atoms with E-state index in [0.29, 0.717) is 38.3 Å². The molecule has 0 aromatic carbocycles. The van der Waals surface area contributed by atoms with Crippen LogP contribution in [0.4, 0.5) is 0 Å². The Labute approximate surface area is 144 Å². The van der Waals surface area contributed by atoms with Crippen LogP contribution in [0, 0.1) is 5.92 Å². The van der Waals surface area contributed by atoms with Crippen LogP contribution in [0.1, 0.15) is 51.9 Å². The quantitative estimate of drug-likeness (QED) is 0.738. The largest absolute Gasteiger partial charge is 0.480 e. The van der Waals surface area contributed by atoms with Crippen molar-refractivity contribution >= 4 is 21.9 Å². The van der Waals surface area contributed by atoms with E-state index in [2.05, 4.69) is 0 Å². The van der Waals surface area contributed by atoms with Crippen molar-refractivity contribution in [3.8, 4) is 0 Å². The van der Waals surface area contributed by atoms with Crippen LogP contribution in [0.3, 0.4) is 0 Å². The number of nitrogens with zero attached hydrogens (tertiary/aromatic N) is 2. The molecule has 0 atom stereocenters. The normalized spacial score (nSPS) is 21.0. The summed E-state index contributed by atoms with van der Waals surface area (Å²) in [7, 11) is -3.22. The van der Waals surface area contributed by atoms with Gasteiger partial charge >= 0.3 is 5.97 Å². The molecule has 7 nitrogen and oxygen atoms in total. The van der Waals surface area contributed by atoms with Crippen LogP contribution in [0.5, 0.6) is 0 Å². The SMILES string of the molecule is CCS(=O)(=O)N1CCC(N(CC(=O)O)C(=O)CC2CCCC2)CC1. The van der Waals surface area contributed by atoms with Crippen LogP contribution in [-0.4, -0.2) is 66.0 Å².